The Morgan fingerprint density at radius 2 is 2.00 bits per heavy atom. The second kappa shape index (κ2) is 9.00. The van der Waals surface area contributed by atoms with Gasteiger partial charge in [0.25, 0.3) is 11.5 Å². The summed E-state index contributed by atoms with van der Waals surface area (Å²) in [5, 5.41) is 3.07. The number of piperidine rings is 1. The van der Waals surface area contributed by atoms with Gasteiger partial charge in [-0.3, -0.25) is 19.5 Å². The van der Waals surface area contributed by atoms with Crippen LogP contribution < -0.4 is 10.9 Å². The number of aromatic nitrogens is 2. The summed E-state index contributed by atoms with van der Waals surface area (Å²) in [6.45, 7) is 2.24. The molecular formula is C23H23FN4O2. The van der Waals surface area contributed by atoms with Crippen LogP contribution in [0, 0.1) is 5.82 Å². The lowest BCUT2D eigenvalue weighted by molar-refractivity contribution is 0.0908. The monoisotopic (exact) mass is 406 g/mol. The second-order valence-electron chi connectivity index (χ2n) is 7.49. The van der Waals surface area contributed by atoms with E-state index in [2.05, 4.69) is 20.2 Å². The number of benzene rings is 1. The molecule has 0 bridgehead atoms. The van der Waals surface area contributed by atoms with Crippen LogP contribution in [0.3, 0.4) is 0 Å². The molecule has 0 aliphatic carbocycles. The van der Waals surface area contributed by atoms with Gasteiger partial charge in [0.1, 0.15) is 5.82 Å². The molecule has 7 heteroatoms. The summed E-state index contributed by atoms with van der Waals surface area (Å²) in [7, 11) is 0. The minimum Gasteiger partial charge on any atom is -0.349 e. The average molecular weight is 406 g/mol. The molecule has 1 saturated heterocycles. The van der Waals surface area contributed by atoms with Crippen LogP contribution in [-0.2, 0) is 6.54 Å². The SMILES string of the molecule is O=C(NC1CCN(Cc2ccc[nH]c2=O)CC1)c1ccc(-c2cccc(F)c2)nc1. The molecule has 0 spiro atoms. The second-order valence-corrected chi connectivity index (χ2v) is 7.49. The molecule has 1 aliphatic rings. The third kappa shape index (κ3) is 4.80. The van der Waals surface area contributed by atoms with E-state index in [0.717, 1.165) is 31.5 Å². The van der Waals surface area contributed by atoms with E-state index < -0.39 is 0 Å². The zero-order chi connectivity index (χ0) is 20.9. The molecule has 0 saturated carbocycles. The number of carbonyl (C=O) groups is 1. The number of nitrogens with zero attached hydrogens (tertiary/aromatic N) is 2. The fourth-order valence-corrected chi connectivity index (χ4v) is 3.67. The molecule has 4 rings (SSSR count). The van der Waals surface area contributed by atoms with Gasteiger partial charge in [-0.2, -0.15) is 0 Å². The molecule has 0 radical (unpaired) electrons. The molecule has 0 atom stereocenters. The van der Waals surface area contributed by atoms with Crippen molar-refractivity contribution in [2.24, 2.45) is 0 Å². The predicted molar refractivity (Wildman–Crippen MR) is 112 cm³/mol. The molecule has 3 aromatic rings. The number of rotatable bonds is 5. The molecule has 6 nitrogen and oxygen atoms in total. The van der Waals surface area contributed by atoms with Crippen LogP contribution in [0.4, 0.5) is 4.39 Å². The first-order chi connectivity index (χ1) is 14.6. The van der Waals surface area contributed by atoms with E-state index in [1.54, 1.807) is 30.5 Å². The maximum atomic E-state index is 13.4. The molecule has 1 aromatic carbocycles. The van der Waals surface area contributed by atoms with Crippen LogP contribution in [0.5, 0.6) is 0 Å². The Morgan fingerprint density at radius 3 is 2.70 bits per heavy atom. The lowest BCUT2D eigenvalue weighted by Gasteiger charge is -2.32. The smallest absolute Gasteiger partial charge is 0.253 e. The van der Waals surface area contributed by atoms with E-state index in [0.29, 0.717) is 23.4 Å². The maximum Gasteiger partial charge on any atom is 0.253 e. The Bertz CT molecular complexity index is 1070. The highest BCUT2D eigenvalue weighted by molar-refractivity contribution is 5.94. The minimum absolute atomic E-state index is 0.0536. The fraction of sp³-hybridized carbons (Fsp3) is 0.261. The topological polar surface area (TPSA) is 78.1 Å². The summed E-state index contributed by atoms with van der Waals surface area (Å²) >= 11 is 0. The zero-order valence-electron chi connectivity index (χ0n) is 16.5. The van der Waals surface area contributed by atoms with Gasteiger partial charge >= 0.3 is 0 Å². The Labute approximate surface area is 173 Å². The third-order valence-corrected chi connectivity index (χ3v) is 5.36. The van der Waals surface area contributed by atoms with Crippen molar-refractivity contribution in [2.45, 2.75) is 25.4 Å². The highest BCUT2D eigenvalue weighted by atomic mass is 19.1. The summed E-state index contributed by atoms with van der Waals surface area (Å²) in [4.78, 5) is 33.6. The van der Waals surface area contributed by atoms with Gasteiger partial charge in [-0.15, -0.1) is 0 Å². The van der Waals surface area contributed by atoms with Gasteiger partial charge in [0.2, 0.25) is 0 Å². The van der Waals surface area contributed by atoms with Gasteiger partial charge in [0, 0.05) is 49.2 Å². The normalized spacial score (nSPS) is 15.1. The van der Waals surface area contributed by atoms with Crippen LogP contribution in [0.15, 0.2) is 65.7 Å². The van der Waals surface area contributed by atoms with E-state index >= 15 is 0 Å². The summed E-state index contributed by atoms with van der Waals surface area (Å²) in [6.07, 6.45) is 4.80. The molecule has 1 fully saturated rings. The number of carbonyl (C=O) groups excluding carboxylic acids is 1. The highest BCUT2D eigenvalue weighted by Crippen LogP contribution is 2.18. The van der Waals surface area contributed by atoms with Crippen LogP contribution in [0.2, 0.25) is 0 Å². The Kier molecular flexibility index (Phi) is 5.99. The van der Waals surface area contributed by atoms with E-state index in [4.69, 9.17) is 0 Å². The summed E-state index contributed by atoms with van der Waals surface area (Å²) < 4.78 is 13.4. The number of H-pyrrole nitrogens is 1. The predicted octanol–water partition coefficient (Wildman–Crippen LogP) is 2.97. The minimum atomic E-state index is -0.320. The average Bonchev–Trinajstić information content (AvgIpc) is 2.77. The first-order valence-corrected chi connectivity index (χ1v) is 10.0. The summed E-state index contributed by atoms with van der Waals surface area (Å²) in [5.74, 6) is -0.481. The molecule has 0 unspecified atom stereocenters. The quantitative estimate of drug-likeness (QED) is 0.683. The summed E-state index contributed by atoms with van der Waals surface area (Å²) in [6, 6.07) is 13.4. The molecule has 1 aliphatic heterocycles. The zero-order valence-corrected chi connectivity index (χ0v) is 16.5. The Morgan fingerprint density at radius 1 is 1.17 bits per heavy atom. The van der Waals surface area contributed by atoms with Crippen molar-refractivity contribution < 1.29 is 9.18 Å². The lowest BCUT2D eigenvalue weighted by Crippen LogP contribution is -2.44. The number of amides is 1. The van der Waals surface area contributed by atoms with Gasteiger partial charge < -0.3 is 10.3 Å². The highest BCUT2D eigenvalue weighted by Gasteiger charge is 2.22. The van der Waals surface area contributed by atoms with Crippen molar-refractivity contribution in [3.8, 4) is 11.3 Å². The van der Waals surface area contributed by atoms with Crippen LogP contribution >= 0.6 is 0 Å². The molecular weight excluding hydrogens is 383 g/mol. The molecule has 2 aromatic heterocycles. The standard InChI is InChI=1S/C23H23FN4O2/c24-19-5-1-3-16(13-19)21-7-6-17(14-26-21)23(30)27-20-8-11-28(12-9-20)15-18-4-2-10-25-22(18)29/h1-7,10,13-14,20H,8-9,11-12,15H2,(H,25,29)(H,27,30). The number of likely N-dealkylation sites (tertiary alicyclic amines) is 1. The lowest BCUT2D eigenvalue weighted by atomic mass is 10.0. The molecule has 1 amide bonds. The first-order valence-electron chi connectivity index (χ1n) is 10.0. The van der Waals surface area contributed by atoms with E-state index in [1.807, 2.05) is 12.1 Å². The van der Waals surface area contributed by atoms with Crippen molar-refractivity contribution in [1.29, 1.82) is 0 Å². The number of pyridine rings is 2. The van der Waals surface area contributed by atoms with Crippen LogP contribution in [-0.4, -0.2) is 39.9 Å². The van der Waals surface area contributed by atoms with Crippen molar-refractivity contribution in [2.75, 3.05) is 13.1 Å². The summed E-state index contributed by atoms with van der Waals surface area (Å²) in [5.41, 5.74) is 2.47. The molecule has 3 heterocycles. The molecule has 30 heavy (non-hydrogen) atoms. The van der Waals surface area contributed by atoms with Crippen molar-refractivity contribution >= 4 is 5.91 Å². The van der Waals surface area contributed by atoms with Gasteiger partial charge in [0.15, 0.2) is 0 Å². The van der Waals surface area contributed by atoms with E-state index in [1.165, 1.54) is 18.3 Å². The first kappa shape index (κ1) is 20.0. The van der Waals surface area contributed by atoms with Gasteiger partial charge in [-0.05, 0) is 43.2 Å². The van der Waals surface area contributed by atoms with Crippen LogP contribution in [0.25, 0.3) is 11.3 Å². The van der Waals surface area contributed by atoms with Crippen molar-refractivity contribution in [3.05, 3.63) is 88.2 Å². The van der Waals surface area contributed by atoms with Gasteiger partial charge in [-0.25, -0.2) is 4.39 Å². The fourth-order valence-electron chi connectivity index (χ4n) is 3.67. The van der Waals surface area contributed by atoms with Gasteiger partial charge in [0.05, 0.1) is 11.3 Å². The van der Waals surface area contributed by atoms with Crippen molar-refractivity contribution in [1.82, 2.24) is 20.2 Å². The number of hydrogen-bond acceptors (Lipinski definition) is 4. The number of hydrogen-bond donors (Lipinski definition) is 2. The van der Waals surface area contributed by atoms with E-state index in [9.17, 15) is 14.0 Å². The van der Waals surface area contributed by atoms with E-state index in [-0.39, 0.29) is 23.3 Å². The van der Waals surface area contributed by atoms with Crippen LogP contribution in [0.1, 0.15) is 28.8 Å². The number of halogens is 1. The van der Waals surface area contributed by atoms with Crippen molar-refractivity contribution in [3.63, 3.8) is 0 Å². The molecule has 154 valence electrons. The number of aromatic amines is 1. The third-order valence-electron chi connectivity index (χ3n) is 5.36. The largest absolute Gasteiger partial charge is 0.349 e. The van der Waals surface area contributed by atoms with Gasteiger partial charge in [-0.1, -0.05) is 18.2 Å². The Hall–Kier alpha value is -3.32. The molecule has 2 N–H and O–H groups in total. The maximum absolute atomic E-state index is 13.4. The Balaban J connectivity index is 1.30. The number of nitrogens with one attached hydrogen (secondary N) is 2.